The summed E-state index contributed by atoms with van der Waals surface area (Å²) >= 11 is 12.1. The Balaban J connectivity index is 1.91. The Morgan fingerprint density at radius 2 is 1.69 bits per heavy atom. The van der Waals surface area contributed by atoms with Crippen LogP contribution in [0.5, 0.6) is 0 Å². The van der Waals surface area contributed by atoms with Crippen molar-refractivity contribution < 1.29 is 27.2 Å². The first-order valence-corrected chi connectivity index (χ1v) is 8.73. The summed E-state index contributed by atoms with van der Waals surface area (Å²) in [6, 6.07) is 9.55. The van der Waals surface area contributed by atoms with E-state index in [1.165, 1.54) is 36.6 Å². The molecule has 0 spiro atoms. The molecule has 2 N–H and O–H groups in total. The molecule has 0 bridgehead atoms. The zero-order valence-corrected chi connectivity index (χ0v) is 15.8. The fraction of sp³-hybridized carbons (Fsp3) is 0.0526. The number of furan rings is 1. The molecular weight excluding hydrogens is 432 g/mol. The lowest BCUT2D eigenvalue weighted by Crippen LogP contribution is -2.19. The number of carbonyl (C=O) groups excluding carboxylic acids is 2. The van der Waals surface area contributed by atoms with Crippen molar-refractivity contribution in [2.24, 2.45) is 0 Å². The molecule has 0 aliphatic rings. The topological polar surface area (TPSA) is 71.3 Å². The molecular formula is C19H11Cl2F3N2O3. The van der Waals surface area contributed by atoms with Crippen molar-refractivity contribution in [2.45, 2.75) is 6.18 Å². The Morgan fingerprint density at radius 1 is 0.931 bits per heavy atom. The summed E-state index contributed by atoms with van der Waals surface area (Å²) in [7, 11) is 0. The van der Waals surface area contributed by atoms with Crippen LogP contribution >= 0.6 is 23.2 Å². The number of benzene rings is 2. The number of nitrogens with one attached hydrogen (secondary N) is 2. The van der Waals surface area contributed by atoms with Gasteiger partial charge in [-0.3, -0.25) is 9.59 Å². The number of halogens is 5. The van der Waals surface area contributed by atoms with E-state index in [2.05, 4.69) is 10.6 Å². The van der Waals surface area contributed by atoms with Crippen LogP contribution in [0.4, 0.5) is 24.5 Å². The Morgan fingerprint density at radius 3 is 2.34 bits per heavy atom. The highest BCUT2D eigenvalue weighted by Gasteiger charge is 2.30. The van der Waals surface area contributed by atoms with Crippen LogP contribution in [0, 0.1) is 0 Å². The van der Waals surface area contributed by atoms with Gasteiger partial charge in [0.1, 0.15) is 0 Å². The van der Waals surface area contributed by atoms with Gasteiger partial charge in [-0.15, -0.1) is 0 Å². The highest BCUT2D eigenvalue weighted by molar-refractivity contribution is 6.38. The van der Waals surface area contributed by atoms with Crippen molar-refractivity contribution in [3.8, 4) is 0 Å². The zero-order valence-electron chi connectivity index (χ0n) is 14.3. The largest absolute Gasteiger partial charge is 0.459 e. The Bertz CT molecular complexity index is 1070. The number of hydrogen-bond acceptors (Lipinski definition) is 3. The molecule has 0 atom stereocenters. The summed E-state index contributed by atoms with van der Waals surface area (Å²) in [6.45, 7) is 0. The van der Waals surface area contributed by atoms with E-state index in [1.54, 1.807) is 0 Å². The predicted octanol–water partition coefficient (Wildman–Crippen LogP) is 6.11. The first-order chi connectivity index (χ1) is 13.6. The van der Waals surface area contributed by atoms with Crippen molar-refractivity contribution in [3.63, 3.8) is 0 Å². The van der Waals surface area contributed by atoms with Crippen LogP contribution in [-0.2, 0) is 6.18 Å². The maximum Gasteiger partial charge on any atom is 0.416 e. The van der Waals surface area contributed by atoms with Crippen molar-refractivity contribution in [1.82, 2.24) is 0 Å². The highest BCUT2D eigenvalue weighted by Crippen LogP contribution is 2.33. The van der Waals surface area contributed by atoms with Crippen LogP contribution in [-0.4, -0.2) is 11.8 Å². The van der Waals surface area contributed by atoms with E-state index in [1.807, 2.05) is 0 Å². The zero-order chi connectivity index (χ0) is 21.2. The van der Waals surface area contributed by atoms with Gasteiger partial charge in [0.25, 0.3) is 11.8 Å². The maximum absolute atomic E-state index is 12.9. The first-order valence-electron chi connectivity index (χ1n) is 7.97. The molecule has 3 aromatic rings. The normalized spacial score (nSPS) is 11.2. The van der Waals surface area contributed by atoms with E-state index in [9.17, 15) is 22.8 Å². The molecule has 0 fully saturated rings. The van der Waals surface area contributed by atoms with Gasteiger partial charge in [0.15, 0.2) is 5.76 Å². The number of amides is 2. The monoisotopic (exact) mass is 442 g/mol. The van der Waals surface area contributed by atoms with E-state index in [4.69, 9.17) is 27.6 Å². The van der Waals surface area contributed by atoms with E-state index in [0.717, 1.165) is 18.2 Å². The third-order valence-electron chi connectivity index (χ3n) is 3.73. The van der Waals surface area contributed by atoms with Crippen LogP contribution < -0.4 is 10.6 Å². The molecule has 0 aliphatic heterocycles. The molecule has 3 rings (SSSR count). The summed E-state index contributed by atoms with van der Waals surface area (Å²) in [5.41, 5.74) is -1.23. The molecule has 0 saturated heterocycles. The number of hydrogen-bond donors (Lipinski definition) is 2. The van der Waals surface area contributed by atoms with E-state index < -0.39 is 23.6 Å². The molecule has 0 unspecified atom stereocenters. The molecule has 1 aromatic heterocycles. The number of rotatable bonds is 4. The van der Waals surface area contributed by atoms with Gasteiger partial charge in [-0.2, -0.15) is 13.2 Å². The number of anilines is 2. The van der Waals surface area contributed by atoms with E-state index in [0.29, 0.717) is 0 Å². The smallest absolute Gasteiger partial charge is 0.416 e. The molecule has 0 aliphatic carbocycles. The van der Waals surface area contributed by atoms with Gasteiger partial charge in [-0.25, -0.2) is 0 Å². The molecule has 1 heterocycles. The highest BCUT2D eigenvalue weighted by atomic mass is 35.5. The van der Waals surface area contributed by atoms with Gasteiger partial charge < -0.3 is 15.1 Å². The van der Waals surface area contributed by atoms with Crippen LogP contribution in [0.2, 0.25) is 10.0 Å². The fourth-order valence-electron chi connectivity index (χ4n) is 2.43. The van der Waals surface area contributed by atoms with Gasteiger partial charge in [0.2, 0.25) is 0 Å². The van der Waals surface area contributed by atoms with Gasteiger partial charge in [0.05, 0.1) is 28.1 Å². The SMILES string of the molecule is O=C(Nc1c(Cl)cc(Cl)cc1C(=O)Nc1cccc(C(F)(F)F)c1)c1ccco1. The van der Waals surface area contributed by atoms with Crippen molar-refractivity contribution >= 4 is 46.4 Å². The molecule has 2 amide bonds. The lowest BCUT2D eigenvalue weighted by molar-refractivity contribution is -0.137. The van der Waals surface area contributed by atoms with Crippen LogP contribution in [0.1, 0.15) is 26.5 Å². The van der Waals surface area contributed by atoms with E-state index >= 15 is 0 Å². The molecule has 2 aromatic carbocycles. The molecule has 0 radical (unpaired) electrons. The minimum Gasteiger partial charge on any atom is -0.459 e. The van der Waals surface area contributed by atoms with Crippen LogP contribution in [0.3, 0.4) is 0 Å². The third-order valence-corrected chi connectivity index (χ3v) is 4.25. The summed E-state index contributed by atoms with van der Waals surface area (Å²) in [5.74, 6) is -1.52. The van der Waals surface area contributed by atoms with Crippen molar-refractivity contribution in [2.75, 3.05) is 10.6 Å². The van der Waals surface area contributed by atoms with Gasteiger partial charge in [-0.1, -0.05) is 29.3 Å². The average molecular weight is 443 g/mol. The summed E-state index contributed by atoms with van der Waals surface area (Å²) in [5, 5.41) is 4.85. The summed E-state index contributed by atoms with van der Waals surface area (Å²) in [4.78, 5) is 24.9. The van der Waals surface area contributed by atoms with Crippen molar-refractivity contribution in [3.05, 3.63) is 81.7 Å². The van der Waals surface area contributed by atoms with Gasteiger partial charge >= 0.3 is 6.18 Å². The second-order valence-electron chi connectivity index (χ2n) is 5.77. The molecule has 29 heavy (non-hydrogen) atoms. The van der Waals surface area contributed by atoms with E-state index in [-0.39, 0.29) is 32.7 Å². The number of carbonyl (C=O) groups is 2. The quantitative estimate of drug-likeness (QED) is 0.511. The van der Waals surface area contributed by atoms with Crippen molar-refractivity contribution in [1.29, 1.82) is 0 Å². The lowest BCUT2D eigenvalue weighted by atomic mass is 10.1. The fourth-order valence-corrected chi connectivity index (χ4v) is 2.97. The Hall–Kier alpha value is -2.97. The second kappa shape index (κ2) is 8.18. The maximum atomic E-state index is 12.9. The van der Waals surface area contributed by atoms with Gasteiger partial charge in [0, 0.05) is 10.7 Å². The standard InChI is InChI=1S/C19H11Cl2F3N2O3/c20-11-8-13(16(14(21)9-11)26-18(28)15-5-2-6-29-15)17(27)25-12-4-1-3-10(7-12)19(22,23)24/h1-9H,(H,25,27)(H,26,28). The molecule has 5 nitrogen and oxygen atoms in total. The molecule has 0 saturated carbocycles. The second-order valence-corrected chi connectivity index (χ2v) is 6.62. The Labute approximate surface area is 172 Å². The van der Waals surface area contributed by atoms with Crippen LogP contribution in [0.25, 0.3) is 0 Å². The molecule has 150 valence electrons. The minimum absolute atomic E-state index is 0.0275. The van der Waals surface area contributed by atoms with Gasteiger partial charge in [-0.05, 0) is 42.5 Å². The Kier molecular flexibility index (Phi) is 5.86. The average Bonchev–Trinajstić information content (AvgIpc) is 3.18. The first kappa shape index (κ1) is 20.8. The van der Waals surface area contributed by atoms with Crippen LogP contribution in [0.15, 0.2) is 59.2 Å². The summed E-state index contributed by atoms with van der Waals surface area (Å²) < 4.78 is 43.6. The number of alkyl halides is 3. The third kappa shape index (κ3) is 4.90. The predicted molar refractivity (Wildman–Crippen MR) is 103 cm³/mol. The molecule has 10 heteroatoms. The lowest BCUT2D eigenvalue weighted by Gasteiger charge is -2.14. The summed E-state index contributed by atoms with van der Waals surface area (Å²) in [6.07, 6.45) is -3.28. The minimum atomic E-state index is -4.57.